The lowest BCUT2D eigenvalue weighted by Crippen LogP contribution is -2.60. The van der Waals surface area contributed by atoms with Crippen LogP contribution in [0.1, 0.15) is 33.6 Å². The number of piperidine rings is 1. The van der Waals surface area contributed by atoms with Crippen LogP contribution >= 0.6 is 0 Å². The van der Waals surface area contributed by atoms with E-state index in [-0.39, 0.29) is 25.9 Å². The summed E-state index contributed by atoms with van der Waals surface area (Å²) >= 11 is 0. The number of hydrogen-bond donors (Lipinski definition) is 3. The molecule has 134 valence electrons. The van der Waals surface area contributed by atoms with Crippen molar-refractivity contribution in [3.63, 3.8) is 0 Å². The molecule has 0 unspecified atom stereocenters. The number of carboxylic acids is 2. The van der Waals surface area contributed by atoms with Gasteiger partial charge in [0.2, 0.25) is 5.91 Å². The summed E-state index contributed by atoms with van der Waals surface area (Å²) in [5.41, 5.74) is -2.20. The van der Waals surface area contributed by atoms with Crippen LogP contribution in [0.25, 0.3) is 0 Å². The van der Waals surface area contributed by atoms with E-state index in [1.54, 1.807) is 20.8 Å². The average molecular weight is 342 g/mol. The van der Waals surface area contributed by atoms with Gasteiger partial charge in [0, 0.05) is 25.2 Å². The van der Waals surface area contributed by atoms with Crippen molar-refractivity contribution in [3.8, 4) is 0 Å². The Labute approximate surface area is 139 Å². The molecule has 1 fully saturated rings. The molecule has 0 aromatic heterocycles. The molecule has 0 aliphatic carbocycles. The maximum Gasteiger partial charge on any atom is 0.410 e. The van der Waals surface area contributed by atoms with Gasteiger partial charge in [-0.1, -0.05) is 0 Å². The monoisotopic (exact) mass is 342 g/mol. The van der Waals surface area contributed by atoms with Crippen molar-refractivity contribution in [1.82, 2.24) is 10.2 Å². The third kappa shape index (κ3) is 5.56. The van der Waals surface area contributed by atoms with E-state index in [0.29, 0.717) is 6.08 Å². The normalized spacial score (nSPS) is 17.4. The van der Waals surface area contributed by atoms with Gasteiger partial charge in [0.1, 0.15) is 11.1 Å². The number of rotatable bonds is 4. The fourth-order valence-electron chi connectivity index (χ4n) is 2.21. The number of likely N-dealkylation sites (tertiary alicyclic amines) is 1. The molecule has 3 N–H and O–H groups in total. The summed E-state index contributed by atoms with van der Waals surface area (Å²) in [5, 5.41) is 20.3. The number of carbonyl (C=O) groups is 4. The van der Waals surface area contributed by atoms with Crippen molar-refractivity contribution < 1.29 is 34.1 Å². The summed E-state index contributed by atoms with van der Waals surface area (Å²) in [6.45, 7) is 5.39. The third-order valence-corrected chi connectivity index (χ3v) is 3.42. The molecular formula is C15H22N2O7. The van der Waals surface area contributed by atoms with Crippen LogP contribution in [0.15, 0.2) is 12.2 Å². The zero-order valence-electron chi connectivity index (χ0n) is 13.9. The van der Waals surface area contributed by atoms with E-state index in [1.807, 2.05) is 0 Å². The van der Waals surface area contributed by atoms with Gasteiger partial charge in [0.15, 0.2) is 0 Å². The van der Waals surface area contributed by atoms with Crippen molar-refractivity contribution in [3.05, 3.63) is 12.2 Å². The molecule has 24 heavy (non-hydrogen) atoms. The molecule has 0 aromatic rings. The topological polar surface area (TPSA) is 133 Å². The van der Waals surface area contributed by atoms with Crippen LogP contribution in [-0.2, 0) is 19.1 Å². The molecule has 0 radical (unpaired) electrons. The molecule has 9 heteroatoms. The van der Waals surface area contributed by atoms with E-state index in [4.69, 9.17) is 9.84 Å². The Morgan fingerprint density at radius 2 is 1.62 bits per heavy atom. The Hall–Kier alpha value is -2.58. The average Bonchev–Trinajstić information content (AvgIpc) is 2.43. The van der Waals surface area contributed by atoms with Crippen LogP contribution in [0.4, 0.5) is 4.79 Å². The maximum absolute atomic E-state index is 12.0. The first-order chi connectivity index (χ1) is 10.9. The second-order valence-electron chi connectivity index (χ2n) is 6.52. The Morgan fingerprint density at radius 3 is 2.04 bits per heavy atom. The Kier molecular flexibility index (Phi) is 5.94. The Bertz CT molecular complexity index is 555. The van der Waals surface area contributed by atoms with Crippen LogP contribution in [0.5, 0.6) is 0 Å². The second kappa shape index (κ2) is 7.33. The highest BCUT2D eigenvalue weighted by Gasteiger charge is 2.44. The number of aliphatic carboxylic acids is 2. The number of carbonyl (C=O) groups excluding carboxylic acids is 2. The van der Waals surface area contributed by atoms with Crippen molar-refractivity contribution in [2.24, 2.45) is 0 Å². The highest BCUT2D eigenvalue weighted by molar-refractivity contribution is 5.97. The first-order valence-corrected chi connectivity index (χ1v) is 7.40. The lowest BCUT2D eigenvalue weighted by Gasteiger charge is -2.39. The van der Waals surface area contributed by atoms with Crippen LogP contribution in [0, 0.1) is 0 Å². The van der Waals surface area contributed by atoms with E-state index >= 15 is 0 Å². The molecule has 1 rings (SSSR count). The Balaban J connectivity index is 2.73. The molecule has 1 aliphatic rings. The van der Waals surface area contributed by atoms with Crippen molar-refractivity contribution >= 4 is 23.9 Å². The highest BCUT2D eigenvalue weighted by atomic mass is 16.6. The van der Waals surface area contributed by atoms with E-state index in [0.717, 1.165) is 6.08 Å². The van der Waals surface area contributed by atoms with Gasteiger partial charge in [-0.3, -0.25) is 4.79 Å². The molecule has 0 spiro atoms. The van der Waals surface area contributed by atoms with Crippen molar-refractivity contribution in [1.29, 1.82) is 0 Å². The van der Waals surface area contributed by atoms with Gasteiger partial charge >= 0.3 is 18.0 Å². The molecule has 0 saturated carbocycles. The molecule has 0 atom stereocenters. The number of hydrogen-bond acceptors (Lipinski definition) is 5. The van der Waals surface area contributed by atoms with E-state index in [2.05, 4.69) is 5.32 Å². The smallest absolute Gasteiger partial charge is 0.410 e. The fourth-order valence-corrected chi connectivity index (χ4v) is 2.21. The first-order valence-electron chi connectivity index (χ1n) is 7.40. The molecule has 0 aromatic carbocycles. The predicted octanol–water partition coefficient (Wildman–Crippen LogP) is 0.598. The number of ether oxygens (including phenoxy) is 1. The first kappa shape index (κ1) is 19.5. The fraction of sp³-hybridized carbons (Fsp3) is 0.600. The van der Waals surface area contributed by atoms with Crippen molar-refractivity contribution in [2.45, 2.75) is 44.8 Å². The number of nitrogens with zero attached hydrogens (tertiary/aromatic N) is 1. The summed E-state index contributed by atoms with van der Waals surface area (Å²) in [7, 11) is 0. The number of amides is 2. The largest absolute Gasteiger partial charge is 0.480 e. The number of nitrogens with one attached hydrogen (secondary N) is 1. The lowest BCUT2D eigenvalue weighted by molar-refractivity contribution is -0.149. The summed E-state index contributed by atoms with van der Waals surface area (Å²) in [4.78, 5) is 47.0. The van der Waals surface area contributed by atoms with Gasteiger partial charge in [-0.2, -0.15) is 0 Å². The van der Waals surface area contributed by atoms with Gasteiger partial charge in [-0.25, -0.2) is 14.4 Å². The highest BCUT2D eigenvalue weighted by Crippen LogP contribution is 2.24. The minimum Gasteiger partial charge on any atom is -0.480 e. The van der Waals surface area contributed by atoms with Gasteiger partial charge in [-0.15, -0.1) is 0 Å². The molecule has 1 aliphatic heterocycles. The summed E-state index contributed by atoms with van der Waals surface area (Å²) < 4.78 is 5.23. The lowest BCUT2D eigenvalue weighted by atomic mass is 9.87. The van der Waals surface area contributed by atoms with Gasteiger partial charge in [-0.05, 0) is 33.6 Å². The SMILES string of the molecule is CC(C)(C)OC(=O)N1CCC(NC(=O)/C=C\C(=O)O)(C(=O)O)CC1. The third-order valence-electron chi connectivity index (χ3n) is 3.42. The van der Waals surface area contributed by atoms with Gasteiger partial charge in [0.05, 0.1) is 0 Å². The minimum atomic E-state index is -1.54. The Morgan fingerprint density at radius 1 is 1.08 bits per heavy atom. The molecule has 1 heterocycles. The standard InChI is InChI=1S/C15H22N2O7/c1-14(2,3)24-13(23)17-8-6-15(7-9-17,12(21)22)16-10(18)4-5-11(19)20/h4-5H,6-9H2,1-3H3,(H,16,18)(H,19,20)(H,21,22)/b5-4-. The van der Waals surface area contributed by atoms with Crippen molar-refractivity contribution in [2.75, 3.05) is 13.1 Å². The van der Waals surface area contributed by atoms with E-state index < -0.39 is 35.1 Å². The summed E-state index contributed by atoms with van der Waals surface area (Å²) in [6.07, 6.45) is 0.828. The van der Waals surface area contributed by atoms with E-state index in [9.17, 15) is 24.3 Å². The molecular weight excluding hydrogens is 320 g/mol. The minimum absolute atomic E-state index is 0.00573. The molecule has 0 bridgehead atoms. The quantitative estimate of drug-likeness (QED) is 0.637. The van der Waals surface area contributed by atoms with Crippen LogP contribution < -0.4 is 5.32 Å². The van der Waals surface area contributed by atoms with Crippen LogP contribution in [-0.4, -0.2) is 63.3 Å². The molecule has 1 saturated heterocycles. The van der Waals surface area contributed by atoms with Gasteiger partial charge < -0.3 is 25.2 Å². The molecule has 9 nitrogen and oxygen atoms in total. The summed E-state index contributed by atoms with van der Waals surface area (Å²) in [6, 6.07) is 0. The summed E-state index contributed by atoms with van der Waals surface area (Å²) in [5.74, 6) is -3.36. The predicted molar refractivity (Wildman–Crippen MR) is 82.3 cm³/mol. The van der Waals surface area contributed by atoms with Gasteiger partial charge in [0.25, 0.3) is 0 Å². The second-order valence-corrected chi connectivity index (χ2v) is 6.52. The molecule has 2 amide bonds. The zero-order chi connectivity index (χ0) is 18.5. The van der Waals surface area contributed by atoms with E-state index in [1.165, 1.54) is 4.90 Å². The van der Waals surface area contributed by atoms with Crippen LogP contribution in [0.3, 0.4) is 0 Å². The maximum atomic E-state index is 12.0. The zero-order valence-corrected chi connectivity index (χ0v) is 13.9. The van der Waals surface area contributed by atoms with Crippen LogP contribution in [0.2, 0.25) is 0 Å². The number of carboxylic acid groups (broad SMARTS) is 2.